The van der Waals surface area contributed by atoms with Gasteiger partial charge in [-0.15, -0.1) is 4.52 Å². The third-order valence-electron chi connectivity index (χ3n) is 4.76. The first-order valence-electron chi connectivity index (χ1n) is 9.06. The van der Waals surface area contributed by atoms with Crippen molar-refractivity contribution in [3.63, 3.8) is 0 Å². The third kappa shape index (κ3) is 7.75. The Bertz CT molecular complexity index is 296. The quantitative estimate of drug-likeness (QED) is 0.349. The Labute approximate surface area is 133 Å². The fourth-order valence-corrected chi connectivity index (χ4v) is 4.58. The molecule has 3 unspecified atom stereocenters. The fourth-order valence-electron chi connectivity index (χ4n) is 3.44. The normalized spacial score (nSPS) is 24.1. The molecule has 124 valence electrons. The fraction of sp³-hybridized carbons (Fsp3) is 1.00. The van der Waals surface area contributed by atoms with E-state index in [1.807, 2.05) is 0 Å². The van der Waals surface area contributed by atoms with E-state index in [9.17, 15) is 4.57 Å². The summed E-state index contributed by atoms with van der Waals surface area (Å²) in [6.07, 6.45) is 13.3. The molecule has 0 heterocycles. The van der Waals surface area contributed by atoms with Gasteiger partial charge in [-0.2, -0.15) is 0 Å². The monoisotopic (exact) mass is 315 g/mol. The molecule has 21 heavy (non-hydrogen) atoms. The highest BCUT2D eigenvalue weighted by Gasteiger charge is 2.39. The summed E-state index contributed by atoms with van der Waals surface area (Å²) in [4.78, 5) is 0. The van der Waals surface area contributed by atoms with Gasteiger partial charge in [0.2, 0.25) is 0 Å². The second-order valence-corrected chi connectivity index (χ2v) is 9.05. The topological polar surface area (TPSA) is 26.3 Å². The molecule has 0 bridgehead atoms. The zero-order valence-electron chi connectivity index (χ0n) is 14.7. The molecule has 0 aliphatic heterocycles. The van der Waals surface area contributed by atoms with E-state index in [0.29, 0.717) is 5.92 Å². The Morgan fingerprint density at radius 2 is 1.62 bits per heavy atom. The molecular weight excluding hydrogens is 279 g/mol. The van der Waals surface area contributed by atoms with Gasteiger partial charge in [0.05, 0.1) is 0 Å². The Balaban J connectivity index is 2.25. The van der Waals surface area contributed by atoms with Crippen LogP contribution in [0.3, 0.4) is 0 Å². The summed E-state index contributed by atoms with van der Waals surface area (Å²) in [6, 6.07) is 0. The smallest absolute Gasteiger partial charge is 0.143 e. The Morgan fingerprint density at radius 1 is 1.00 bits per heavy atom. The van der Waals surface area contributed by atoms with Crippen LogP contribution in [0.4, 0.5) is 0 Å². The van der Waals surface area contributed by atoms with E-state index in [1.165, 1.54) is 51.4 Å². The Morgan fingerprint density at radius 3 is 2.29 bits per heavy atom. The van der Waals surface area contributed by atoms with Crippen LogP contribution in [0.25, 0.3) is 0 Å². The van der Waals surface area contributed by atoms with E-state index in [0.717, 1.165) is 19.0 Å². The predicted molar refractivity (Wildman–Crippen MR) is 92.1 cm³/mol. The molecule has 1 fully saturated rings. The number of rotatable bonds is 9. The van der Waals surface area contributed by atoms with Crippen LogP contribution in [-0.4, -0.2) is 12.3 Å². The van der Waals surface area contributed by atoms with Crippen molar-refractivity contribution in [2.24, 2.45) is 11.3 Å². The van der Waals surface area contributed by atoms with Crippen molar-refractivity contribution in [1.29, 1.82) is 0 Å². The minimum Gasteiger partial charge on any atom is -0.143 e. The Kier molecular flexibility index (Phi) is 9.06. The highest BCUT2D eigenvalue weighted by molar-refractivity contribution is 7.39. The van der Waals surface area contributed by atoms with Gasteiger partial charge < -0.3 is 0 Å². The molecule has 0 saturated heterocycles. The van der Waals surface area contributed by atoms with Gasteiger partial charge in [-0.1, -0.05) is 66.2 Å². The van der Waals surface area contributed by atoms with E-state index >= 15 is 0 Å². The lowest BCUT2D eigenvalue weighted by Gasteiger charge is -2.37. The molecule has 0 radical (unpaired) electrons. The predicted octanol–water partition coefficient (Wildman–Crippen LogP) is 6.71. The van der Waals surface area contributed by atoms with Crippen LogP contribution in [-0.2, 0) is 9.09 Å². The summed E-state index contributed by atoms with van der Waals surface area (Å²) in [5.41, 5.74) is 0.265. The van der Waals surface area contributed by atoms with Crippen LogP contribution >= 0.6 is 8.03 Å². The van der Waals surface area contributed by atoms with Crippen molar-refractivity contribution >= 4 is 8.03 Å². The lowest BCUT2D eigenvalue weighted by atomic mass is 9.71. The maximum absolute atomic E-state index is 12.2. The maximum atomic E-state index is 12.2. The van der Waals surface area contributed by atoms with Crippen molar-refractivity contribution < 1.29 is 9.09 Å². The second kappa shape index (κ2) is 9.95. The first kappa shape index (κ1) is 19.1. The zero-order valence-corrected chi connectivity index (χ0v) is 15.6. The van der Waals surface area contributed by atoms with Crippen LogP contribution in [0.5, 0.6) is 0 Å². The summed E-state index contributed by atoms with van der Waals surface area (Å²) >= 11 is 0. The first-order valence-corrected chi connectivity index (χ1v) is 10.4. The van der Waals surface area contributed by atoms with Gasteiger partial charge >= 0.3 is 8.03 Å². The van der Waals surface area contributed by atoms with Crippen molar-refractivity contribution in [3.8, 4) is 0 Å². The molecule has 3 atom stereocenters. The van der Waals surface area contributed by atoms with Gasteiger partial charge in [-0.05, 0) is 41.6 Å². The van der Waals surface area contributed by atoms with Crippen LogP contribution in [0.15, 0.2) is 0 Å². The Hall–Kier alpha value is 0.0600. The van der Waals surface area contributed by atoms with E-state index < -0.39 is 8.03 Å². The number of hydrogen-bond acceptors (Lipinski definition) is 2. The molecule has 0 amide bonds. The van der Waals surface area contributed by atoms with Crippen LogP contribution in [0.2, 0.25) is 0 Å². The van der Waals surface area contributed by atoms with Crippen molar-refractivity contribution in [1.82, 2.24) is 0 Å². The van der Waals surface area contributed by atoms with Crippen LogP contribution in [0.1, 0.15) is 91.9 Å². The third-order valence-corrected chi connectivity index (χ3v) is 5.95. The van der Waals surface area contributed by atoms with Crippen molar-refractivity contribution in [2.45, 2.75) is 98.0 Å². The first-order chi connectivity index (χ1) is 9.95. The van der Waals surface area contributed by atoms with Gasteiger partial charge in [0, 0.05) is 0 Å². The molecule has 3 heteroatoms. The highest BCUT2D eigenvalue weighted by atomic mass is 31.1. The van der Waals surface area contributed by atoms with Crippen LogP contribution in [0, 0.1) is 11.3 Å². The summed E-state index contributed by atoms with van der Waals surface area (Å²) < 4.78 is 18.2. The van der Waals surface area contributed by atoms with E-state index in [1.54, 1.807) is 0 Å². The molecule has 1 aliphatic rings. The molecule has 0 aromatic rings. The molecule has 0 spiro atoms. The second-order valence-electron chi connectivity index (χ2n) is 7.72. The SMILES string of the molecule is CCCCCCCC[P+](=O)OC1CCCCC1C(C)(C)C. The molecule has 1 saturated carbocycles. The van der Waals surface area contributed by atoms with Crippen LogP contribution < -0.4 is 0 Å². The van der Waals surface area contributed by atoms with Crippen molar-refractivity contribution in [3.05, 3.63) is 0 Å². The lowest BCUT2D eigenvalue weighted by Crippen LogP contribution is -2.35. The molecule has 0 N–H and O–H groups in total. The molecule has 1 rings (SSSR count). The van der Waals surface area contributed by atoms with E-state index in [2.05, 4.69) is 27.7 Å². The molecule has 1 aliphatic carbocycles. The van der Waals surface area contributed by atoms with Gasteiger partial charge in [0.1, 0.15) is 6.10 Å². The standard InChI is InChI=1S/C18H36O2P/c1-5-6-7-8-9-12-15-21(19)20-17-14-11-10-13-16(17)18(2,3)4/h16-17H,5-15H2,1-4H3/q+1. The minimum atomic E-state index is -1.45. The summed E-state index contributed by atoms with van der Waals surface area (Å²) in [6.45, 7) is 9.11. The van der Waals surface area contributed by atoms with Gasteiger partial charge in [-0.3, -0.25) is 0 Å². The van der Waals surface area contributed by atoms with Gasteiger partial charge in [0.25, 0.3) is 0 Å². The van der Waals surface area contributed by atoms with Gasteiger partial charge in [-0.25, -0.2) is 0 Å². The highest BCUT2D eigenvalue weighted by Crippen LogP contribution is 2.43. The van der Waals surface area contributed by atoms with E-state index in [-0.39, 0.29) is 11.5 Å². The zero-order chi connectivity index (χ0) is 15.7. The molecular formula is C18H36O2P+. The molecule has 0 aromatic carbocycles. The minimum absolute atomic E-state index is 0.224. The number of unbranched alkanes of at least 4 members (excludes halogenated alkanes) is 5. The largest absolute Gasteiger partial charge is 0.508 e. The lowest BCUT2D eigenvalue weighted by molar-refractivity contribution is 0.0336. The average Bonchev–Trinajstić information content (AvgIpc) is 2.42. The van der Waals surface area contributed by atoms with Crippen molar-refractivity contribution in [2.75, 3.05) is 6.16 Å². The average molecular weight is 315 g/mol. The van der Waals surface area contributed by atoms with Gasteiger partial charge in [0.15, 0.2) is 6.16 Å². The van der Waals surface area contributed by atoms with E-state index in [4.69, 9.17) is 4.52 Å². The molecule has 0 aromatic heterocycles. The maximum Gasteiger partial charge on any atom is 0.508 e. The number of hydrogen-bond donors (Lipinski definition) is 0. The summed E-state index contributed by atoms with van der Waals surface area (Å²) in [7, 11) is -1.45. The summed E-state index contributed by atoms with van der Waals surface area (Å²) in [5, 5.41) is 0. The summed E-state index contributed by atoms with van der Waals surface area (Å²) in [5.74, 6) is 0.565. The molecule has 2 nitrogen and oxygen atoms in total.